The van der Waals surface area contributed by atoms with E-state index < -0.39 is 10.1 Å². The number of hydrogen-bond acceptors (Lipinski definition) is 6. The molecule has 0 fully saturated rings. The van der Waals surface area contributed by atoms with Crippen LogP contribution in [0, 0.1) is 0 Å². The molecule has 0 atom stereocenters. The van der Waals surface area contributed by atoms with Gasteiger partial charge in [-0.25, -0.2) is 8.42 Å². The minimum atomic E-state index is -4.55. The Labute approximate surface area is 149 Å². The minimum Gasteiger partial charge on any atom is -0.744 e. The summed E-state index contributed by atoms with van der Waals surface area (Å²) >= 11 is 0. The molecule has 8 heteroatoms. The van der Waals surface area contributed by atoms with Crippen molar-refractivity contribution in [2.75, 3.05) is 20.8 Å². The Morgan fingerprint density at radius 3 is 2.11 bits per heavy atom. The van der Waals surface area contributed by atoms with Crippen molar-refractivity contribution in [3.05, 3.63) is 17.7 Å². The summed E-state index contributed by atoms with van der Waals surface area (Å²) in [5.74, 6) is 0.561. The third kappa shape index (κ3) is 4.46. The first-order valence-electron chi connectivity index (χ1n) is 4.85. The molecule has 0 aromatic heterocycles. The molecule has 1 aromatic rings. The Bertz CT molecular complexity index is 503. The van der Waals surface area contributed by atoms with Gasteiger partial charge in [-0.3, -0.25) is 0 Å². The first kappa shape index (κ1) is 18.3. The van der Waals surface area contributed by atoms with Gasteiger partial charge in [0.15, 0.2) is 11.5 Å². The Hall–Kier alpha value is 0.326. The molecule has 0 saturated carbocycles. The van der Waals surface area contributed by atoms with E-state index in [4.69, 9.17) is 15.2 Å². The van der Waals surface area contributed by atoms with Crippen molar-refractivity contribution in [2.45, 2.75) is 11.3 Å². The summed E-state index contributed by atoms with van der Waals surface area (Å²) in [4.78, 5) is -0.319. The van der Waals surface area contributed by atoms with Crippen LogP contribution in [0.25, 0.3) is 0 Å². The van der Waals surface area contributed by atoms with Crippen LogP contribution < -0.4 is 66.6 Å². The Morgan fingerprint density at radius 1 is 1.22 bits per heavy atom. The molecular weight excluding hydrogens is 285 g/mol. The Morgan fingerprint density at radius 2 is 1.72 bits per heavy atom. The number of nitrogens with two attached hydrogens (primary N) is 1. The molecule has 0 bridgehead atoms. The zero-order valence-electron chi connectivity index (χ0n) is 10.6. The van der Waals surface area contributed by atoms with Gasteiger partial charge in [0.05, 0.1) is 19.1 Å². The molecular formula is C10H14KNO5S. The SMILES string of the molecule is COc1cc(CCN)c(S(=O)(=O)[O-])cc1OC.[K+]. The first-order valence-corrected chi connectivity index (χ1v) is 6.25. The predicted molar refractivity (Wildman–Crippen MR) is 60.3 cm³/mol. The molecule has 96 valence electrons. The Kier molecular flexibility index (Phi) is 7.95. The van der Waals surface area contributed by atoms with Gasteiger partial charge in [-0.05, 0) is 24.6 Å². The third-order valence-electron chi connectivity index (χ3n) is 2.25. The van der Waals surface area contributed by atoms with Crippen LogP contribution in [-0.2, 0) is 16.5 Å². The van der Waals surface area contributed by atoms with Gasteiger partial charge in [-0.1, -0.05) is 0 Å². The first-order chi connectivity index (χ1) is 7.93. The van der Waals surface area contributed by atoms with Gasteiger partial charge in [0.2, 0.25) is 0 Å². The van der Waals surface area contributed by atoms with E-state index in [1.807, 2.05) is 0 Å². The molecule has 0 aliphatic heterocycles. The molecule has 0 radical (unpaired) electrons. The molecule has 2 N–H and O–H groups in total. The van der Waals surface area contributed by atoms with Crippen molar-refractivity contribution < 1.29 is 73.8 Å². The van der Waals surface area contributed by atoms with Crippen molar-refractivity contribution in [2.24, 2.45) is 5.73 Å². The summed E-state index contributed by atoms with van der Waals surface area (Å²) in [6.07, 6.45) is 0.275. The second kappa shape index (κ2) is 7.80. The van der Waals surface area contributed by atoms with Crippen LogP contribution in [0.3, 0.4) is 0 Å². The fourth-order valence-corrected chi connectivity index (χ4v) is 2.22. The second-order valence-corrected chi connectivity index (χ2v) is 4.66. The van der Waals surface area contributed by atoms with Gasteiger partial charge in [-0.2, -0.15) is 0 Å². The molecule has 0 amide bonds. The van der Waals surface area contributed by atoms with Gasteiger partial charge in [0, 0.05) is 6.07 Å². The van der Waals surface area contributed by atoms with E-state index in [1.165, 1.54) is 20.3 Å². The maximum absolute atomic E-state index is 11.1. The average Bonchev–Trinajstić information content (AvgIpc) is 2.27. The molecule has 0 aliphatic carbocycles. The standard InChI is InChI=1S/C10H15NO5S.K/c1-15-8-5-7(3-4-11)10(17(12,13)14)6-9(8)16-2;/h5-6H,3-4,11H2,1-2H3,(H,12,13,14);/q;+1/p-1. The molecule has 0 saturated heterocycles. The second-order valence-electron chi connectivity index (χ2n) is 3.31. The van der Waals surface area contributed by atoms with Gasteiger partial charge in [0.25, 0.3) is 0 Å². The van der Waals surface area contributed by atoms with Gasteiger partial charge < -0.3 is 19.8 Å². The van der Waals surface area contributed by atoms with E-state index in [-0.39, 0.29) is 75.0 Å². The van der Waals surface area contributed by atoms with E-state index in [2.05, 4.69) is 0 Å². The largest absolute Gasteiger partial charge is 1.00 e. The third-order valence-corrected chi connectivity index (χ3v) is 3.17. The molecule has 0 heterocycles. The van der Waals surface area contributed by atoms with E-state index in [0.717, 1.165) is 6.07 Å². The fraction of sp³-hybridized carbons (Fsp3) is 0.400. The van der Waals surface area contributed by atoms with Crippen LogP contribution in [0.15, 0.2) is 17.0 Å². The smallest absolute Gasteiger partial charge is 0.744 e. The molecule has 0 aliphatic rings. The molecule has 0 unspecified atom stereocenters. The van der Waals surface area contributed by atoms with Crippen molar-refractivity contribution in [3.8, 4) is 11.5 Å². The molecule has 1 aromatic carbocycles. The summed E-state index contributed by atoms with van der Waals surface area (Å²) < 4.78 is 43.3. The van der Waals surface area contributed by atoms with E-state index >= 15 is 0 Å². The van der Waals surface area contributed by atoms with Crippen LogP contribution in [0.4, 0.5) is 0 Å². The van der Waals surface area contributed by atoms with E-state index in [9.17, 15) is 13.0 Å². The normalized spacial score (nSPS) is 10.7. The predicted octanol–water partition coefficient (Wildman–Crippen LogP) is -2.89. The average molecular weight is 299 g/mol. The van der Waals surface area contributed by atoms with E-state index in [1.54, 1.807) is 0 Å². The zero-order valence-corrected chi connectivity index (χ0v) is 14.5. The monoisotopic (exact) mass is 299 g/mol. The van der Waals surface area contributed by atoms with Crippen molar-refractivity contribution >= 4 is 10.1 Å². The van der Waals surface area contributed by atoms with Crippen LogP contribution in [-0.4, -0.2) is 33.7 Å². The fourth-order valence-electron chi connectivity index (χ4n) is 1.49. The number of methoxy groups -OCH3 is 2. The summed E-state index contributed by atoms with van der Waals surface area (Å²) in [6.45, 7) is 0.234. The van der Waals surface area contributed by atoms with Crippen molar-refractivity contribution in [1.82, 2.24) is 0 Å². The zero-order chi connectivity index (χ0) is 13.1. The van der Waals surface area contributed by atoms with Crippen molar-refractivity contribution in [3.63, 3.8) is 0 Å². The summed E-state index contributed by atoms with van der Waals surface area (Å²) in [5.41, 5.74) is 5.70. The van der Waals surface area contributed by atoms with Gasteiger partial charge >= 0.3 is 51.4 Å². The number of rotatable bonds is 5. The van der Waals surface area contributed by atoms with Crippen molar-refractivity contribution in [1.29, 1.82) is 0 Å². The topological polar surface area (TPSA) is 102 Å². The molecule has 6 nitrogen and oxygen atoms in total. The maximum atomic E-state index is 11.1. The number of benzene rings is 1. The van der Waals surface area contributed by atoms with Crippen LogP contribution in [0.1, 0.15) is 5.56 Å². The maximum Gasteiger partial charge on any atom is 1.00 e. The van der Waals surface area contributed by atoms with Crippen LogP contribution >= 0.6 is 0 Å². The number of hydrogen-bond donors (Lipinski definition) is 1. The quantitative estimate of drug-likeness (QED) is 0.463. The van der Waals surface area contributed by atoms with Crippen LogP contribution in [0.2, 0.25) is 0 Å². The molecule has 0 spiro atoms. The molecule has 1 rings (SSSR count). The molecule has 18 heavy (non-hydrogen) atoms. The summed E-state index contributed by atoms with van der Waals surface area (Å²) in [6, 6.07) is 2.61. The van der Waals surface area contributed by atoms with Gasteiger partial charge in [0.1, 0.15) is 10.1 Å². The van der Waals surface area contributed by atoms with Gasteiger partial charge in [-0.15, -0.1) is 0 Å². The Balaban J connectivity index is 0.00000289. The summed E-state index contributed by atoms with van der Waals surface area (Å²) in [5, 5.41) is 0. The minimum absolute atomic E-state index is 0. The van der Waals surface area contributed by atoms with Crippen LogP contribution in [0.5, 0.6) is 11.5 Å². The number of ether oxygens (including phenoxy) is 2. The summed E-state index contributed by atoms with van der Waals surface area (Å²) in [7, 11) is -1.77. The van der Waals surface area contributed by atoms with E-state index in [0.29, 0.717) is 11.3 Å².